The van der Waals surface area contributed by atoms with Crippen molar-refractivity contribution in [3.05, 3.63) is 34.3 Å². The number of ketones is 1. The van der Waals surface area contributed by atoms with Crippen molar-refractivity contribution in [1.29, 1.82) is 0 Å². The predicted molar refractivity (Wildman–Crippen MR) is 135 cm³/mol. The molecule has 0 spiro atoms. The van der Waals surface area contributed by atoms with E-state index in [-0.39, 0.29) is 27.2 Å². The third-order valence-electron chi connectivity index (χ3n) is 4.40. The van der Waals surface area contributed by atoms with Crippen LogP contribution in [-0.4, -0.2) is 44.2 Å². The van der Waals surface area contributed by atoms with Crippen LogP contribution in [0.5, 0.6) is 23.0 Å². The molecule has 0 fully saturated rings. The third kappa shape index (κ3) is 7.73. The number of hydrogen-bond donors (Lipinski definition) is 1. The standard InChI is InChI=1S/C24H29Cl2N3O6/c1-6-32-15-11-18(26)23(35-9-4)19(12-15)28-29-21(14(5)30)24(31)27-22-17(25)10-16(33-7-2)13-20(22)34-8-3/h10-13,21H,6-9H2,1-5H3,(H,27,31). The topological polar surface area (TPSA) is 108 Å². The fourth-order valence-corrected chi connectivity index (χ4v) is 3.50. The molecule has 1 unspecified atom stereocenters. The number of amides is 1. The molecule has 0 saturated heterocycles. The lowest BCUT2D eigenvalue weighted by Crippen LogP contribution is -2.32. The molecule has 0 aliphatic rings. The van der Waals surface area contributed by atoms with Gasteiger partial charge in [0.1, 0.15) is 28.6 Å². The summed E-state index contributed by atoms with van der Waals surface area (Å²) in [6.07, 6.45) is 0. The third-order valence-corrected chi connectivity index (χ3v) is 4.98. The average Bonchev–Trinajstić information content (AvgIpc) is 2.79. The van der Waals surface area contributed by atoms with Crippen LogP contribution in [0, 0.1) is 0 Å². The number of nitrogens with zero attached hydrogens (tertiary/aromatic N) is 2. The number of ether oxygens (including phenoxy) is 4. The first-order valence-corrected chi connectivity index (χ1v) is 11.9. The highest BCUT2D eigenvalue weighted by Crippen LogP contribution is 2.40. The van der Waals surface area contributed by atoms with E-state index in [1.807, 2.05) is 13.8 Å². The summed E-state index contributed by atoms with van der Waals surface area (Å²) in [6, 6.07) is 4.84. The van der Waals surface area contributed by atoms with Crippen molar-refractivity contribution in [2.24, 2.45) is 10.2 Å². The molecule has 2 aromatic rings. The monoisotopic (exact) mass is 525 g/mol. The van der Waals surface area contributed by atoms with Crippen molar-refractivity contribution < 1.29 is 28.5 Å². The first kappa shape index (κ1) is 28.2. The highest BCUT2D eigenvalue weighted by Gasteiger charge is 2.26. The van der Waals surface area contributed by atoms with Gasteiger partial charge in [0.25, 0.3) is 5.91 Å². The summed E-state index contributed by atoms with van der Waals surface area (Å²) in [5.74, 6) is 0.218. The maximum Gasteiger partial charge on any atom is 0.258 e. The van der Waals surface area contributed by atoms with E-state index in [9.17, 15) is 9.59 Å². The zero-order valence-electron chi connectivity index (χ0n) is 20.3. The second kappa shape index (κ2) is 13.7. The molecular weight excluding hydrogens is 497 g/mol. The SMILES string of the molecule is CCOc1cc(Cl)c(OCC)c(N=NC(C(C)=O)C(=O)Nc2c(Cl)cc(OCC)cc2OCC)c1. The van der Waals surface area contributed by atoms with Crippen LogP contribution in [0.4, 0.5) is 11.4 Å². The van der Waals surface area contributed by atoms with Crippen molar-refractivity contribution in [3.63, 3.8) is 0 Å². The van der Waals surface area contributed by atoms with E-state index in [0.29, 0.717) is 43.7 Å². The Kier molecular flexibility index (Phi) is 11.1. The molecule has 11 heteroatoms. The summed E-state index contributed by atoms with van der Waals surface area (Å²) in [5, 5.41) is 11.2. The van der Waals surface area contributed by atoms with Crippen LogP contribution in [0.1, 0.15) is 34.6 Å². The van der Waals surface area contributed by atoms with Gasteiger partial charge in [0.2, 0.25) is 6.04 Å². The predicted octanol–water partition coefficient (Wildman–Crippen LogP) is 6.27. The molecular formula is C24H29Cl2N3O6. The van der Waals surface area contributed by atoms with Crippen molar-refractivity contribution in [2.45, 2.75) is 40.7 Å². The Morgan fingerprint density at radius 3 is 2.00 bits per heavy atom. The molecule has 1 N–H and O–H groups in total. The number of benzene rings is 2. The molecule has 0 aliphatic carbocycles. The molecule has 2 aromatic carbocycles. The van der Waals surface area contributed by atoms with E-state index in [4.69, 9.17) is 42.1 Å². The van der Waals surface area contributed by atoms with Gasteiger partial charge in [-0.1, -0.05) is 23.2 Å². The van der Waals surface area contributed by atoms with E-state index >= 15 is 0 Å². The van der Waals surface area contributed by atoms with E-state index in [0.717, 1.165) is 0 Å². The van der Waals surface area contributed by atoms with E-state index in [2.05, 4.69) is 15.5 Å². The van der Waals surface area contributed by atoms with Crippen LogP contribution in [0.15, 0.2) is 34.5 Å². The molecule has 0 aliphatic heterocycles. The lowest BCUT2D eigenvalue weighted by molar-refractivity contribution is -0.126. The van der Waals surface area contributed by atoms with Crippen LogP contribution in [-0.2, 0) is 9.59 Å². The van der Waals surface area contributed by atoms with Crippen molar-refractivity contribution in [1.82, 2.24) is 0 Å². The zero-order valence-corrected chi connectivity index (χ0v) is 21.8. The van der Waals surface area contributed by atoms with Crippen LogP contribution in [0.3, 0.4) is 0 Å². The molecule has 1 amide bonds. The molecule has 9 nitrogen and oxygen atoms in total. The molecule has 0 saturated carbocycles. The average molecular weight is 526 g/mol. The van der Waals surface area contributed by atoms with Gasteiger partial charge in [0.15, 0.2) is 11.5 Å². The van der Waals surface area contributed by atoms with Crippen LogP contribution in [0.25, 0.3) is 0 Å². The summed E-state index contributed by atoms with van der Waals surface area (Å²) in [4.78, 5) is 25.3. The van der Waals surface area contributed by atoms with Gasteiger partial charge in [-0.15, -0.1) is 0 Å². The van der Waals surface area contributed by atoms with Gasteiger partial charge >= 0.3 is 0 Å². The van der Waals surface area contributed by atoms with Crippen molar-refractivity contribution in [3.8, 4) is 23.0 Å². The van der Waals surface area contributed by atoms with Gasteiger partial charge in [-0.25, -0.2) is 0 Å². The largest absolute Gasteiger partial charge is 0.494 e. The maximum absolute atomic E-state index is 13.0. The number of rotatable bonds is 13. The number of azo groups is 1. The number of nitrogens with one attached hydrogen (secondary N) is 1. The van der Waals surface area contributed by atoms with Gasteiger partial charge in [-0.2, -0.15) is 10.2 Å². The number of carbonyl (C=O) groups excluding carboxylic acids is 2. The molecule has 1 atom stereocenters. The van der Waals surface area contributed by atoms with Crippen LogP contribution < -0.4 is 24.3 Å². The minimum absolute atomic E-state index is 0.182. The highest BCUT2D eigenvalue weighted by atomic mass is 35.5. The lowest BCUT2D eigenvalue weighted by Gasteiger charge is -2.16. The summed E-state index contributed by atoms with van der Waals surface area (Å²) in [5.41, 5.74) is 0.413. The fraction of sp³-hybridized carbons (Fsp3) is 0.417. The summed E-state index contributed by atoms with van der Waals surface area (Å²) in [6.45, 7) is 9.95. The maximum atomic E-state index is 13.0. The summed E-state index contributed by atoms with van der Waals surface area (Å²) < 4.78 is 22.1. The molecule has 2 rings (SSSR count). The molecule has 35 heavy (non-hydrogen) atoms. The van der Waals surface area contributed by atoms with E-state index < -0.39 is 17.7 Å². The van der Waals surface area contributed by atoms with Gasteiger partial charge in [-0.3, -0.25) is 9.59 Å². The highest BCUT2D eigenvalue weighted by molar-refractivity contribution is 6.34. The van der Waals surface area contributed by atoms with Crippen molar-refractivity contribution >= 4 is 46.3 Å². The van der Waals surface area contributed by atoms with Gasteiger partial charge in [-0.05, 0) is 34.6 Å². The minimum atomic E-state index is -1.46. The molecule has 0 bridgehead atoms. The Morgan fingerprint density at radius 1 is 0.857 bits per heavy atom. The fourth-order valence-electron chi connectivity index (χ4n) is 2.99. The number of anilines is 1. The number of Topliss-reactive ketones (excluding diaryl/α,β-unsaturated/α-hetero) is 1. The smallest absolute Gasteiger partial charge is 0.258 e. The Morgan fingerprint density at radius 2 is 1.43 bits per heavy atom. The first-order chi connectivity index (χ1) is 16.7. The number of halogens is 2. The Balaban J connectivity index is 2.40. The van der Waals surface area contributed by atoms with Crippen molar-refractivity contribution in [2.75, 3.05) is 31.7 Å². The van der Waals surface area contributed by atoms with E-state index in [1.54, 1.807) is 38.1 Å². The van der Waals surface area contributed by atoms with Crippen LogP contribution in [0.2, 0.25) is 10.0 Å². The Labute approximate surface area is 214 Å². The number of carbonyl (C=O) groups is 2. The lowest BCUT2D eigenvalue weighted by atomic mass is 10.2. The van der Waals surface area contributed by atoms with E-state index in [1.165, 1.54) is 6.92 Å². The Hall–Kier alpha value is -3.04. The van der Waals surface area contributed by atoms with Gasteiger partial charge in [0, 0.05) is 24.3 Å². The molecule has 0 heterocycles. The first-order valence-electron chi connectivity index (χ1n) is 11.2. The van der Waals surface area contributed by atoms with Crippen LogP contribution >= 0.6 is 23.2 Å². The Bertz CT molecular complexity index is 1080. The quantitative estimate of drug-likeness (QED) is 0.244. The molecule has 0 aromatic heterocycles. The number of hydrogen-bond acceptors (Lipinski definition) is 8. The summed E-state index contributed by atoms with van der Waals surface area (Å²) in [7, 11) is 0. The second-order valence-corrected chi connectivity index (χ2v) is 7.80. The molecule has 190 valence electrons. The summed E-state index contributed by atoms with van der Waals surface area (Å²) >= 11 is 12.7. The molecule has 0 radical (unpaired) electrons. The zero-order chi connectivity index (χ0) is 26.0. The second-order valence-electron chi connectivity index (χ2n) is 6.98. The van der Waals surface area contributed by atoms with Gasteiger partial charge in [0.05, 0.1) is 36.5 Å². The van der Waals surface area contributed by atoms with Gasteiger partial charge < -0.3 is 24.3 Å². The minimum Gasteiger partial charge on any atom is -0.494 e. The normalized spacial score (nSPS) is 11.7.